The van der Waals surface area contributed by atoms with Crippen molar-refractivity contribution < 1.29 is 0 Å². The van der Waals surface area contributed by atoms with Gasteiger partial charge in [-0.1, -0.05) is 13.3 Å². The summed E-state index contributed by atoms with van der Waals surface area (Å²) < 4.78 is 0. The zero-order valence-corrected chi connectivity index (χ0v) is 25.3. The number of piperidine rings is 3. The lowest BCUT2D eigenvalue weighted by molar-refractivity contribution is 0.143. The number of rotatable bonds is 3. The fourth-order valence-electron chi connectivity index (χ4n) is 6.07. The summed E-state index contributed by atoms with van der Waals surface area (Å²) in [7, 11) is 11.0. The van der Waals surface area contributed by atoms with E-state index in [0.717, 1.165) is 18.0 Å². The maximum atomic E-state index is 3.22. The van der Waals surface area contributed by atoms with Gasteiger partial charge in [-0.3, -0.25) is 0 Å². The molecular formula is C30H64N6. The van der Waals surface area contributed by atoms with Crippen LogP contribution in [-0.2, 0) is 0 Å². The number of nitrogens with one attached hydrogen (secondary N) is 1. The monoisotopic (exact) mass is 509 g/mol. The minimum atomic E-state index is 0.830. The average Bonchev–Trinajstić information content (AvgIpc) is 3.64. The topological polar surface area (TPSA) is 28.2 Å². The summed E-state index contributed by atoms with van der Waals surface area (Å²) in [5, 5.41) is 3.22. The first kappa shape index (κ1) is 32.0. The summed E-state index contributed by atoms with van der Waals surface area (Å²) in [6.45, 7) is 15.3. The van der Waals surface area contributed by atoms with Crippen molar-refractivity contribution in [1.82, 2.24) is 29.8 Å². The minimum Gasteiger partial charge on any atom is -0.317 e. The highest BCUT2D eigenvalue weighted by Crippen LogP contribution is 2.20. The number of hydrogen-bond acceptors (Lipinski definition) is 6. The summed E-state index contributed by atoms with van der Waals surface area (Å²) in [6.07, 6.45) is 15.4. The normalized spacial score (nSPS) is 26.1. The molecule has 36 heavy (non-hydrogen) atoms. The fraction of sp³-hybridized carbons (Fsp3) is 1.00. The van der Waals surface area contributed by atoms with Crippen LogP contribution in [0.5, 0.6) is 0 Å². The predicted octanol–water partition coefficient (Wildman–Crippen LogP) is 3.93. The molecule has 0 amide bonds. The van der Waals surface area contributed by atoms with Crippen molar-refractivity contribution in [3.8, 4) is 0 Å². The van der Waals surface area contributed by atoms with E-state index >= 15 is 0 Å². The molecule has 0 aromatic heterocycles. The zero-order valence-electron chi connectivity index (χ0n) is 25.3. The van der Waals surface area contributed by atoms with E-state index in [0.29, 0.717) is 0 Å². The Hall–Kier alpha value is -0.240. The highest BCUT2D eigenvalue weighted by molar-refractivity contribution is 4.81. The van der Waals surface area contributed by atoms with Gasteiger partial charge in [-0.25, -0.2) is 0 Å². The summed E-state index contributed by atoms with van der Waals surface area (Å²) in [4.78, 5) is 12.3. The van der Waals surface area contributed by atoms with Gasteiger partial charge in [-0.2, -0.15) is 0 Å². The summed E-state index contributed by atoms with van der Waals surface area (Å²) in [6, 6.07) is 1.75. The van der Waals surface area contributed by atoms with Gasteiger partial charge in [0.15, 0.2) is 0 Å². The Morgan fingerprint density at radius 2 is 1.06 bits per heavy atom. The number of hydrogen-bond donors (Lipinski definition) is 1. The van der Waals surface area contributed by atoms with Crippen molar-refractivity contribution in [2.24, 2.45) is 5.92 Å². The Bertz CT molecular complexity index is 488. The first-order valence-electron chi connectivity index (χ1n) is 15.6. The third-order valence-corrected chi connectivity index (χ3v) is 9.14. The Labute approximate surface area is 226 Å². The van der Waals surface area contributed by atoms with Crippen molar-refractivity contribution in [3.63, 3.8) is 0 Å². The highest BCUT2D eigenvalue weighted by Gasteiger charge is 2.24. The Kier molecular flexibility index (Phi) is 16.8. The average molecular weight is 509 g/mol. The second-order valence-corrected chi connectivity index (χ2v) is 12.4. The lowest BCUT2D eigenvalue weighted by atomic mass is 9.95. The molecule has 0 radical (unpaired) electrons. The van der Waals surface area contributed by atoms with Crippen molar-refractivity contribution in [1.29, 1.82) is 0 Å². The number of likely N-dealkylation sites (tertiary alicyclic amines) is 4. The SMILES string of the molecule is C1CCNC1.CCC1CCN(C)CC1.CN1CCC(N(C)C)CC1.CN1CCC(N2CCCC2)CC1. The Balaban J connectivity index is 0.000000175. The molecule has 1 N–H and O–H groups in total. The van der Waals surface area contributed by atoms with E-state index in [2.05, 4.69) is 72.0 Å². The van der Waals surface area contributed by atoms with E-state index in [4.69, 9.17) is 0 Å². The lowest BCUT2D eigenvalue weighted by Crippen LogP contribution is -2.42. The van der Waals surface area contributed by atoms with E-state index in [1.54, 1.807) is 0 Å². The summed E-state index contributed by atoms with van der Waals surface area (Å²) in [5.41, 5.74) is 0. The van der Waals surface area contributed by atoms with Crippen LogP contribution in [0.2, 0.25) is 0 Å². The molecule has 0 aromatic rings. The highest BCUT2D eigenvalue weighted by atomic mass is 15.2. The molecule has 0 aliphatic carbocycles. The standard InChI is InChI=1S/C10H20N2.C8H18N2.C8H17N.C4H9N/c1-11-8-4-10(5-9-11)12-6-2-3-7-12;1-9(2)8-4-6-10(3)7-5-8;1-3-8-4-6-9(2)7-5-8;1-2-4-5-3-1/h10H,2-9H2,1H3;8H,4-7H2,1-3H3;8H,3-7H2,1-2H3;5H,1-4H2. The maximum absolute atomic E-state index is 3.22. The molecule has 214 valence electrons. The molecule has 5 heterocycles. The summed E-state index contributed by atoms with van der Waals surface area (Å²) in [5.74, 6) is 1.03. The van der Waals surface area contributed by atoms with Gasteiger partial charge in [0.1, 0.15) is 0 Å². The molecule has 0 bridgehead atoms. The second-order valence-electron chi connectivity index (χ2n) is 12.4. The van der Waals surface area contributed by atoms with Gasteiger partial charge in [0, 0.05) is 12.1 Å². The lowest BCUT2D eigenvalue weighted by Gasteiger charge is -2.34. The molecule has 5 rings (SSSR count). The van der Waals surface area contributed by atoms with Crippen molar-refractivity contribution in [2.45, 2.75) is 89.6 Å². The molecule has 0 spiro atoms. The second kappa shape index (κ2) is 18.9. The van der Waals surface area contributed by atoms with Crippen LogP contribution >= 0.6 is 0 Å². The van der Waals surface area contributed by atoms with E-state index in [1.807, 2.05) is 0 Å². The van der Waals surface area contributed by atoms with Crippen molar-refractivity contribution in [2.75, 3.05) is 101 Å². The van der Waals surface area contributed by atoms with Crippen molar-refractivity contribution >= 4 is 0 Å². The van der Waals surface area contributed by atoms with Crippen LogP contribution in [0.1, 0.15) is 77.6 Å². The molecule has 5 aliphatic rings. The van der Waals surface area contributed by atoms with Gasteiger partial charge >= 0.3 is 0 Å². The molecule has 0 saturated carbocycles. The molecule has 0 atom stereocenters. The molecule has 6 heteroatoms. The largest absolute Gasteiger partial charge is 0.317 e. The van der Waals surface area contributed by atoms with Crippen LogP contribution in [0.3, 0.4) is 0 Å². The number of nitrogens with zero attached hydrogens (tertiary/aromatic N) is 5. The first-order chi connectivity index (χ1) is 17.4. The molecule has 0 aromatic carbocycles. The van der Waals surface area contributed by atoms with E-state index < -0.39 is 0 Å². The van der Waals surface area contributed by atoms with Gasteiger partial charge < -0.3 is 29.8 Å². The Morgan fingerprint density at radius 1 is 0.611 bits per heavy atom. The van der Waals surface area contributed by atoms with E-state index in [1.165, 1.54) is 136 Å². The van der Waals surface area contributed by atoms with E-state index in [-0.39, 0.29) is 0 Å². The van der Waals surface area contributed by atoms with Crippen LogP contribution < -0.4 is 5.32 Å². The Morgan fingerprint density at radius 3 is 1.44 bits per heavy atom. The third kappa shape index (κ3) is 13.5. The fourth-order valence-corrected chi connectivity index (χ4v) is 6.07. The van der Waals surface area contributed by atoms with Gasteiger partial charge in [-0.15, -0.1) is 0 Å². The molecule has 0 unspecified atom stereocenters. The quantitative estimate of drug-likeness (QED) is 0.621. The molecular weight excluding hydrogens is 444 g/mol. The van der Waals surface area contributed by atoms with Crippen LogP contribution in [0.4, 0.5) is 0 Å². The van der Waals surface area contributed by atoms with Gasteiger partial charge in [0.25, 0.3) is 0 Å². The van der Waals surface area contributed by atoms with Gasteiger partial charge in [0.2, 0.25) is 0 Å². The zero-order chi connectivity index (χ0) is 26.2. The molecule has 5 fully saturated rings. The van der Waals surface area contributed by atoms with Crippen LogP contribution in [0.25, 0.3) is 0 Å². The first-order valence-corrected chi connectivity index (χ1v) is 15.6. The van der Waals surface area contributed by atoms with Gasteiger partial charge in [-0.05, 0) is 171 Å². The smallest absolute Gasteiger partial charge is 0.0120 e. The predicted molar refractivity (Wildman–Crippen MR) is 158 cm³/mol. The van der Waals surface area contributed by atoms with Crippen molar-refractivity contribution in [3.05, 3.63) is 0 Å². The molecule has 6 nitrogen and oxygen atoms in total. The van der Waals surface area contributed by atoms with Crippen LogP contribution in [0, 0.1) is 5.92 Å². The third-order valence-electron chi connectivity index (χ3n) is 9.14. The maximum Gasteiger partial charge on any atom is 0.0120 e. The van der Waals surface area contributed by atoms with Crippen LogP contribution in [0.15, 0.2) is 0 Å². The minimum absolute atomic E-state index is 0.830. The molecule has 5 aliphatic heterocycles. The van der Waals surface area contributed by atoms with Crippen LogP contribution in [-0.4, -0.2) is 137 Å². The molecule has 5 saturated heterocycles. The van der Waals surface area contributed by atoms with E-state index in [9.17, 15) is 0 Å². The summed E-state index contributed by atoms with van der Waals surface area (Å²) >= 11 is 0. The van der Waals surface area contributed by atoms with Gasteiger partial charge in [0.05, 0.1) is 0 Å².